The Labute approximate surface area is 113 Å². The van der Waals surface area contributed by atoms with Gasteiger partial charge in [-0.25, -0.2) is 0 Å². The molecule has 0 radical (unpaired) electrons. The standard InChI is InChI=1S/C14H20N2O3/c1-2-18-11-14(17)16-8-5-12(6-9-16)19-13-4-3-7-15-10-13/h3-4,7,10,12H,2,5-6,8-9,11H2,1H3. The largest absolute Gasteiger partial charge is 0.489 e. The first-order chi connectivity index (χ1) is 9.29. The molecule has 1 aromatic heterocycles. The molecule has 1 fully saturated rings. The number of pyridine rings is 1. The first-order valence-corrected chi connectivity index (χ1v) is 6.71. The van der Waals surface area contributed by atoms with Crippen molar-refractivity contribution < 1.29 is 14.3 Å². The van der Waals surface area contributed by atoms with Crippen LogP contribution < -0.4 is 4.74 Å². The Hall–Kier alpha value is -1.62. The summed E-state index contributed by atoms with van der Waals surface area (Å²) in [5.74, 6) is 0.864. The number of aromatic nitrogens is 1. The first kappa shape index (κ1) is 13.8. The molecule has 0 spiro atoms. The van der Waals surface area contributed by atoms with Crippen molar-refractivity contribution in [2.45, 2.75) is 25.9 Å². The van der Waals surface area contributed by atoms with E-state index in [0.29, 0.717) is 6.61 Å². The summed E-state index contributed by atoms with van der Waals surface area (Å²) in [5, 5.41) is 0. The van der Waals surface area contributed by atoms with Gasteiger partial charge >= 0.3 is 0 Å². The quantitative estimate of drug-likeness (QED) is 0.808. The van der Waals surface area contributed by atoms with Gasteiger partial charge in [0.25, 0.3) is 0 Å². The van der Waals surface area contributed by atoms with Gasteiger partial charge in [-0.1, -0.05) is 0 Å². The molecule has 5 heteroatoms. The number of nitrogens with zero attached hydrogens (tertiary/aromatic N) is 2. The fourth-order valence-corrected chi connectivity index (χ4v) is 2.11. The predicted octanol–water partition coefficient (Wildman–Crippen LogP) is 1.49. The second kappa shape index (κ2) is 7.09. The zero-order valence-corrected chi connectivity index (χ0v) is 11.2. The van der Waals surface area contributed by atoms with Gasteiger partial charge in [0.05, 0.1) is 6.20 Å². The summed E-state index contributed by atoms with van der Waals surface area (Å²) in [5.41, 5.74) is 0. The molecule has 104 valence electrons. The van der Waals surface area contributed by atoms with Crippen molar-refractivity contribution >= 4 is 5.91 Å². The maximum atomic E-state index is 11.8. The van der Waals surface area contributed by atoms with Crippen LogP contribution in [0.15, 0.2) is 24.5 Å². The van der Waals surface area contributed by atoms with Crippen LogP contribution in [0.2, 0.25) is 0 Å². The summed E-state index contributed by atoms with van der Waals surface area (Å²) in [6.45, 7) is 4.12. The Bertz CT molecular complexity index is 389. The highest BCUT2D eigenvalue weighted by Gasteiger charge is 2.23. The number of rotatable bonds is 5. The molecule has 0 aromatic carbocycles. The van der Waals surface area contributed by atoms with Gasteiger partial charge in [0.2, 0.25) is 5.91 Å². The molecule has 19 heavy (non-hydrogen) atoms. The van der Waals surface area contributed by atoms with E-state index in [1.165, 1.54) is 0 Å². The summed E-state index contributed by atoms with van der Waals surface area (Å²) >= 11 is 0. The third-order valence-corrected chi connectivity index (χ3v) is 3.16. The summed E-state index contributed by atoms with van der Waals surface area (Å²) in [6, 6.07) is 3.76. The number of hydrogen-bond donors (Lipinski definition) is 0. The number of amides is 1. The summed E-state index contributed by atoms with van der Waals surface area (Å²) < 4.78 is 11.0. The molecule has 1 amide bonds. The Morgan fingerprint density at radius 2 is 2.26 bits per heavy atom. The molecule has 0 bridgehead atoms. The van der Waals surface area contributed by atoms with Crippen molar-refractivity contribution in [2.24, 2.45) is 0 Å². The Morgan fingerprint density at radius 1 is 1.47 bits per heavy atom. The number of ether oxygens (including phenoxy) is 2. The lowest BCUT2D eigenvalue weighted by Crippen LogP contribution is -2.43. The Kier molecular flexibility index (Phi) is 5.15. The Balaban J connectivity index is 1.75. The molecule has 2 heterocycles. The van der Waals surface area contributed by atoms with E-state index in [1.54, 1.807) is 12.4 Å². The molecule has 0 saturated carbocycles. The van der Waals surface area contributed by atoms with Crippen LogP contribution in [-0.2, 0) is 9.53 Å². The van der Waals surface area contributed by atoms with E-state index in [0.717, 1.165) is 31.7 Å². The van der Waals surface area contributed by atoms with Gasteiger partial charge < -0.3 is 14.4 Å². The first-order valence-electron chi connectivity index (χ1n) is 6.71. The van der Waals surface area contributed by atoms with Crippen LogP contribution in [0.4, 0.5) is 0 Å². The predicted molar refractivity (Wildman–Crippen MR) is 71.0 cm³/mol. The zero-order valence-electron chi connectivity index (χ0n) is 11.2. The summed E-state index contributed by atoms with van der Waals surface area (Å²) in [4.78, 5) is 17.6. The van der Waals surface area contributed by atoms with Crippen molar-refractivity contribution in [1.82, 2.24) is 9.88 Å². The second-order valence-electron chi connectivity index (χ2n) is 4.52. The van der Waals surface area contributed by atoms with Crippen molar-refractivity contribution in [3.8, 4) is 5.75 Å². The van der Waals surface area contributed by atoms with E-state index in [2.05, 4.69) is 4.98 Å². The van der Waals surface area contributed by atoms with Crippen molar-refractivity contribution in [3.63, 3.8) is 0 Å². The zero-order chi connectivity index (χ0) is 13.5. The normalized spacial score (nSPS) is 16.4. The van der Waals surface area contributed by atoms with Gasteiger partial charge in [0, 0.05) is 38.7 Å². The lowest BCUT2D eigenvalue weighted by atomic mass is 10.1. The van der Waals surface area contributed by atoms with E-state index in [4.69, 9.17) is 9.47 Å². The molecule has 1 saturated heterocycles. The van der Waals surface area contributed by atoms with Crippen molar-refractivity contribution in [1.29, 1.82) is 0 Å². The van der Waals surface area contributed by atoms with Crippen LogP contribution >= 0.6 is 0 Å². The minimum Gasteiger partial charge on any atom is -0.489 e. The molecule has 1 aliphatic heterocycles. The van der Waals surface area contributed by atoms with Crippen LogP contribution in [-0.4, -0.2) is 48.2 Å². The average molecular weight is 264 g/mol. The van der Waals surface area contributed by atoms with E-state index < -0.39 is 0 Å². The highest BCUT2D eigenvalue weighted by atomic mass is 16.5. The van der Waals surface area contributed by atoms with Crippen LogP contribution in [0.5, 0.6) is 5.75 Å². The van der Waals surface area contributed by atoms with Crippen LogP contribution in [0, 0.1) is 0 Å². The lowest BCUT2D eigenvalue weighted by molar-refractivity contribution is -0.137. The molecule has 5 nitrogen and oxygen atoms in total. The maximum Gasteiger partial charge on any atom is 0.248 e. The van der Waals surface area contributed by atoms with Gasteiger partial charge in [-0.05, 0) is 19.1 Å². The average Bonchev–Trinajstić information content (AvgIpc) is 2.46. The van der Waals surface area contributed by atoms with Crippen LogP contribution in [0.3, 0.4) is 0 Å². The third-order valence-electron chi connectivity index (χ3n) is 3.16. The summed E-state index contributed by atoms with van der Waals surface area (Å²) in [6.07, 6.45) is 5.31. The van der Waals surface area contributed by atoms with Crippen molar-refractivity contribution in [3.05, 3.63) is 24.5 Å². The van der Waals surface area contributed by atoms with Gasteiger partial charge in [-0.15, -0.1) is 0 Å². The minimum absolute atomic E-state index is 0.0710. The molecule has 2 rings (SSSR count). The van der Waals surface area contributed by atoms with Gasteiger partial charge in [-0.3, -0.25) is 9.78 Å². The van der Waals surface area contributed by atoms with Crippen molar-refractivity contribution in [2.75, 3.05) is 26.3 Å². The van der Waals surface area contributed by atoms with E-state index in [1.807, 2.05) is 24.0 Å². The SMILES string of the molecule is CCOCC(=O)N1CCC(Oc2cccnc2)CC1. The number of piperidine rings is 1. The third kappa shape index (κ3) is 4.21. The molecule has 0 atom stereocenters. The molecule has 1 aliphatic rings. The van der Waals surface area contributed by atoms with Gasteiger partial charge in [0.1, 0.15) is 18.5 Å². The van der Waals surface area contributed by atoms with Crippen LogP contribution in [0.1, 0.15) is 19.8 Å². The number of carbonyl (C=O) groups is 1. The molecule has 1 aromatic rings. The maximum absolute atomic E-state index is 11.8. The molecular formula is C14H20N2O3. The second-order valence-corrected chi connectivity index (χ2v) is 4.52. The Morgan fingerprint density at radius 3 is 2.89 bits per heavy atom. The number of hydrogen-bond acceptors (Lipinski definition) is 4. The highest BCUT2D eigenvalue weighted by molar-refractivity contribution is 5.77. The van der Waals surface area contributed by atoms with Crippen LogP contribution in [0.25, 0.3) is 0 Å². The van der Waals surface area contributed by atoms with E-state index in [9.17, 15) is 4.79 Å². The molecule has 0 aliphatic carbocycles. The molecule has 0 N–H and O–H groups in total. The van der Waals surface area contributed by atoms with Gasteiger partial charge in [0.15, 0.2) is 0 Å². The van der Waals surface area contributed by atoms with E-state index >= 15 is 0 Å². The van der Waals surface area contributed by atoms with Gasteiger partial charge in [-0.2, -0.15) is 0 Å². The molecule has 0 unspecified atom stereocenters. The fraction of sp³-hybridized carbons (Fsp3) is 0.571. The van der Waals surface area contributed by atoms with E-state index in [-0.39, 0.29) is 18.6 Å². The topological polar surface area (TPSA) is 51.7 Å². The monoisotopic (exact) mass is 264 g/mol. The highest BCUT2D eigenvalue weighted by Crippen LogP contribution is 2.17. The smallest absolute Gasteiger partial charge is 0.248 e. The minimum atomic E-state index is 0.0710. The fourth-order valence-electron chi connectivity index (χ4n) is 2.11. The summed E-state index contributed by atoms with van der Waals surface area (Å²) in [7, 11) is 0. The number of carbonyl (C=O) groups excluding carboxylic acids is 1. The lowest BCUT2D eigenvalue weighted by Gasteiger charge is -2.32. The number of likely N-dealkylation sites (tertiary alicyclic amines) is 1. The molecular weight excluding hydrogens is 244 g/mol.